The first kappa shape index (κ1) is 19.2. The lowest BCUT2D eigenvalue weighted by Crippen LogP contribution is -2.47. The van der Waals surface area contributed by atoms with E-state index < -0.39 is 0 Å². The smallest absolute Gasteiger partial charge is 0.286 e. The van der Waals surface area contributed by atoms with Crippen LogP contribution in [0.4, 0.5) is 0 Å². The van der Waals surface area contributed by atoms with Crippen molar-refractivity contribution in [1.82, 2.24) is 15.5 Å². The molecular weight excluding hydrogens is 294 g/mol. The minimum absolute atomic E-state index is 0.0532. The molecule has 1 unspecified atom stereocenters. The Morgan fingerprint density at radius 2 is 1.91 bits per heavy atom. The van der Waals surface area contributed by atoms with E-state index >= 15 is 0 Å². The Morgan fingerprint density at radius 1 is 1.22 bits per heavy atom. The molecule has 0 aliphatic rings. The number of carbonyl (C=O) groups is 2. The number of nitrogens with one attached hydrogen (secondary N) is 2. The summed E-state index contributed by atoms with van der Waals surface area (Å²) in [6, 6.07) is 3.57. The first-order chi connectivity index (χ1) is 11.0. The zero-order valence-corrected chi connectivity index (χ0v) is 14.6. The summed E-state index contributed by atoms with van der Waals surface area (Å²) in [5.41, 5.74) is 0. The summed E-state index contributed by atoms with van der Waals surface area (Å²) in [6.07, 6.45) is 1.70. The molecule has 6 nitrogen and oxygen atoms in total. The molecule has 0 bridgehead atoms. The number of amides is 2. The molecule has 1 heterocycles. The van der Waals surface area contributed by atoms with Crippen molar-refractivity contribution in [3.63, 3.8) is 0 Å². The zero-order chi connectivity index (χ0) is 17.2. The molecule has 23 heavy (non-hydrogen) atoms. The van der Waals surface area contributed by atoms with Gasteiger partial charge in [-0.25, -0.2) is 0 Å². The number of rotatable bonds is 10. The molecule has 0 aliphatic heterocycles. The van der Waals surface area contributed by atoms with E-state index in [-0.39, 0.29) is 24.0 Å². The molecule has 0 saturated heterocycles. The van der Waals surface area contributed by atoms with E-state index in [2.05, 4.69) is 43.2 Å². The van der Waals surface area contributed by atoms with Crippen molar-refractivity contribution in [3.8, 4) is 0 Å². The summed E-state index contributed by atoms with van der Waals surface area (Å²) in [7, 11) is 0. The fourth-order valence-corrected chi connectivity index (χ4v) is 2.57. The van der Waals surface area contributed by atoms with E-state index in [0.29, 0.717) is 25.0 Å². The third-order valence-electron chi connectivity index (χ3n) is 3.94. The second-order valence-electron chi connectivity index (χ2n) is 5.82. The van der Waals surface area contributed by atoms with Crippen molar-refractivity contribution < 1.29 is 14.0 Å². The number of nitrogens with zero attached hydrogens (tertiary/aromatic N) is 1. The molecule has 130 valence electrons. The van der Waals surface area contributed by atoms with Crippen LogP contribution in [0, 0.1) is 5.92 Å². The standard InChI is InChI=1S/C17H29N3O3/c1-5-20(6-2)14(13(3)4)12-19-16(21)9-10-18-17(22)15-8-7-11-23-15/h7-8,11,13-14H,5-6,9-10,12H2,1-4H3,(H,18,22)(H,19,21). The van der Waals surface area contributed by atoms with E-state index in [4.69, 9.17) is 4.42 Å². The van der Waals surface area contributed by atoms with E-state index in [1.54, 1.807) is 12.1 Å². The third kappa shape index (κ3) is 6.44. The maximum absolute atomic E-state index is 11.9. The summed E-state index contributed by atoms with van der Waals surface area (Å²) < 4.78 is 4.99. The van der Waals surface area contributed by atoms with Crippen molar-refractivity contribution in [1.29, 1.82) is 0 Å². The van der Waals surface area contributed by atoms with Crippen molar-refractivity contribution in [2.24, 2.45) is 5.92 Å². The normalized spacial score (nSPS) is 12.4. The van der Waals surface area contributed by atoms with E-state index in [1.165, 1.54) is 6.26 Å². The Hall–Kier alpha value is -1.82. The molecule has 1 atom stereocenters. The lowest BCUT2D eigenvalue weighted by molar-refractivity contribution is -0.121. The van der Waals surface area contributed by atoms with Gasteiger partial charge in [0.25, 0.3) is 5.91 Å². The van der Waals surface area contributed by atoms with Crippen molar-refractivity contribution in [2.75, 3.05) is 26.2 Å². The van der Waals surface area contributed by atoms with Crippen LogP contribution in [0.1, 0.15) is 44.7 Å². The molecule has 6 heteroatoms. The minimum atomic E-state index is -0.300. The van der Waals surface area contributed by atoms with Gasteiger partial charge < -0.3 is 15.1 Å². The number of hydrogen-bond acceptors (Lipinski definition) is 4. The number of carbonyl (C=O) groups excluding carboxylic acids is 2. The van der Waals surface area contributed by atoms with Crippen LogP contribution in [0.2, 0.25) is 0 Å². The summed E-state index contributed by atoms with van der Waals surface area (Å²) in [4.78, 5) is 26.0. The lowest BCUT2D eigenvalue weighted by atomic mass is 10.0. The number of likely N-dealkylation sites (N-methyl/N-ethyl adjacent to an activating group) is 1. The van der Waals surface area contributed by atoms with Gasteiger partial charge in [-0.3, -0.25) is 14.5 Å². The molecular formula is C17H29N3O3. The Morgan fingerprint density at radius 3 is 2.43 bits per heavy atom. The fourth-order valence-electron chi connectivity index (χ4n) is 2.57. The second kappa shape index (κ2) is 10.0. The highest BCUT2D eigenvalue weighted by Crippen LogP contribution is 2.09. The molecule has 2 amide bonds. The van der Waals surface area contributed by atoms with Crippen molar-refractivity contribution >= 4 is 11.8 Å². The van der Waals surface area contributed by atoms with Crippen LogP contribution in [0.3, 0.4) is 0 Å². The van der Waals surface area contributed by atoms with Crippen LogP contribution < -0.4 is 10.6 Å². The van der Waals surface area contributed by atoms with E-state index in [9.17, 15) is 9.59 Å². The maximum atomic E-state index is 11.9. The first-order valence-corrected chi connectivity index (χ1v) is 8.32. The van der Waals surface area contributed by atoms with Gasteiger partial charge in [0.2, 0.25) is 5.91 Å². The fraction of sp³-hybridized carbons (Fsp3) is 0.647. The highest BCUT2D eigenvalue weighted by atomic mass is 16.3. The topological polar surface area (TPSA) is 74.6 Å². The van der Waals surface area contributed by atoms with Crippen LogP contribution in [0.5, 0.6) is 0 Å². The molecule has 0 saturated carbocycles. The summed E-state index contributed by atoms with van der Waals surface area (Å²) in [5, 5.41) is 5.63. The monoisotopic (exact) mass is 323 g/mol. The minimum Gasteiger partial charge on any atom is -0.459 e. The average Bonchev–Trinajstić information content (AvgIpc) is 3.05. The summed E-state index contributed by atoms with van der Waals surface area (Å²) >= 11 is 0. The zero-order valence-electron chi connectivity index (χ0n) is 14.6. The Labute approximate surface area is 138 Å². The summed E-state index contributed by atoms with van der Waals surface area (Å²) in [5.74, 6) is 0.370. The molecule has 1 aromatic rings. The van der Waals surface area contributed by atoms with Gasteiger partial charge >= 0.3 is 0 Å². The van der Waals surface area contributed by atoms with Gasteiger partial charge in [-0.15, -0.1) is 0 Å². The Balaban J connectivity index is 2.31. The highest BCUT2D eigenvalue weighted by molar-refractivity contribution is 5.91. The number of hydrogen-bond donors (Lipinski definition) is 2. The second-order valence-corrected chi connectivity index (χ2v) is 5.82. The molecule has 0 spiro atoms. The van der Waals surface area contributed by atoms with Crippen molar-refractivity contribution in [3.05, 3.63) is 24.2 Å². The van der Waals surface area contributed by atoms with Gasteiger partial charge in [0, 0.05) is 25.6 Å². The molecule has 0 aromatic carbocycles. The first-order valence-electron chi connectivity index (χ1n) is 8.32. The molecule has 0 aliphatic carbocycles. The predicted octanol–water partition coefficient (Wildman–Crippen LogP) is 1.88. The van der Waals surface area contributed by atoms with Gasteiger partial charge in [-0.1, -0.05) is 27.7 Å². The van der Waals surface area contributed by atoms with Crippen molar-refractivity contribution in [2.45, 2.75) is 40.2 Å². The van der Waals surface area contributed by atoms with Gasteiger partial charge in [-0.2, -0.15) is 0 Å². The van der Waals surface area contributed by atoms with Crippen LogP contribution in [0.25, 0.3) is 0 Å². The predicted molar refractivity (Wildman–Crippen MR) is 90.2 cm³/mol. The van der Waals surface area contributed by atoms with Crippen LogP contribution in [-0.4, -0.2) is 48.9 Å². The lowest BCUT2D eigenvalue weighted by Gasteiger charge is -2.32. The van der Waals surface area contributed by atoms with Crippen LogP contribution >= 0.6 is 0 Å². The van der Waals surface area contributed by atoms with Gasteiger partial charge in [0.15, 0.2) is 5.76 Å². The highest BCUT2D eigenvalue weighted by Gasteiger charge is 2.20. The van der Waals surface area contributed by atoms with E-state index in [1.807, 2.05) is 0 Å². The van der Waals surface area contributed by atoms with E-state index in [0.717, 1.165) is 13.1 Å². The quantitative estimate of drug-likeness (QED) is 0.689. The van der Waals surface area contributed by atoms with Gasteiger partial charge in [-0.05, 0) is 31.1 Å². The largest absolute Gasteiger partial charge is 0.459 e. The van der Waals surface area contributed by atoms with Gasteiger partial charge in [0.1, 0.15) is 0 Å². The Bertz CT molecular complexity index is 467. The van der Waals surface area contributed by atoms with Gasteiger partial charge in [0.05, 0.1) is 6.26 Å². The summed E-state index contributed by atoms with van der Waals surface area (Å²) in [6.45, 7) is 11.4. The molecule has 1 rings (SSSR count). The third-order valence-corrected chi connectivity index (χ3v) is 3.94. The van der Waals surface area contributed by atoms with Crippen LogP contribution in [0.15, 0.2) is 22.8 Å². The molecule has 2 N–H and O–H groups in total. The SMILES string of the molecule is CCN(CC)C(CNC(=O)CCNC(=O)c1ccco1)C(C)C. The molecule has 0 radical (unpaired) electrons. The molecule has 0 fully saturated rings. The molecule has 1 aromatic heterocycles. The number of furan rings is 1. The maximum Gasteiger partial charge on any atom is 0.286 e. The van der Waals surface area contributed by atoms with Crippen LogP contribution in [-0.2, 0) is 4.79 Å². The average molecular weight is 323 g/mol. The Kier molecular flexibility index (Phi) is 8.40.